The second-order valence-electron chi connectivity index (χ2n) is 4.26. The Morgan fingerprint density at radius 1 is 1.00 bits per heavy atom. The summed E-state index contributed by atoms with van der Waals surface area (Å²) in [6.07, 6.45) is -4.35. The van der Waals surface area contributed by atoms with E-state index in [1.54, 1.807) is 6.07 Å². The minimum absolute atomic E-state index is 0.160. The number of para-hydroxylation sites is 1. The van der Waals surface area contributed by atoms with Crippen molar-refractivity contribution in [1.29, 1.82) is 0 Å². The maximum Gasteiger partial charge on any atom is 0.416 e. The van der Waals surface area contributed by atoms with E-state index in [4.69, 9.17) is 11.6 Å². The smallest absolute Gasteiger partial charge is 0.236 e. The first-order valence-corrected chi connectivity index (χ1v) is 6.23. The summed E-state index contributed by atoms with van der Waals surface area (Å²) in [5.74, 6) is 0. The van der Waals surface area contributed by atoms with E-state index < -0.39 is 11.7 Å². The molecule has 0 saturated carbocycles. The van der Waals surface area contributed by atoms with Crippen LogP contribution in [-0.4, -0.2) is 5.17 Å². The van der Waals surface area contributed by atoms with E-state index in [1.807, 2.05) is 25.1 Å². The molecule has 2 aromatic rings. The quantitative estimate of drug-likeness (QED) is 0.664. The first-order chi connectivity index (χ1) is 9.38. The van der Waals surface area contributed by atoms with Crippen molar-refractivity contribution in [1.82, 2.24) is 0 Å². The van der Waals surface area contributed by atoms with Gasteiger partial charge in [0.1, 0.15) is 5.17 Å². The van der Waals surface area contributed by atoms with Gasteiger partial charge in [0.15, 0.2) is 0 Å². The van der Waals surface area contributed by atoms with Crippen LogP contribution in [0.1, 0.15) is 16.7 Å². The minimum Gasteiger partial charge on any atom is -0.236 e. The van der Waals surface area contributed by atoms with E-state index in [2.05, 4.69) is 4.99 Å². The highest BCUT2D eigenvalue weighted by atomic mass is 35.5. The predicted octanol–water partition coefficient (Wildman–Crippen LogP) is 5.33. The van der Waals surface area contributed by atoms with E-state index >= 15 is 0 Å². The summed E-state index contributed by atoms with van der Waals surface area (Å²) in [4.78, 5) is 4.22. The van der Waals surface area contributed by atoms with Crippen LogP contribution in [0.25, 0.3) is 0 Å². The number of hydrogen-bond acceptors (Lipinski definition) is 1. The monoisotopic (exact) mass is 297 g/mol. The molecule has 0 amide bonds. The summed E-state index contributed by atoms with van der Waals surface area (Å²) < 4.78 is 37.4. The fourth-order valence-corrected chi connectivity index (χ4v) is 1.87. The third-order valence-corrected chi connectivity index (χ3v) is 3.09. The number of rotatable bonds is 2. The molecule has 5 heteroatoms. The summed E-state index contributed by atoms with van der Waals surface area (Å²) in [6, 6.07) is 12.0. The number of benzene rings is 2. The molecule has 20 heavy (non-hydrogen) atoms. The molecule has 0 radical (unpaired) electrons. The molecule has 0 atom stereocenters. The van der Waals surface area contributed by atoms with Crippen LogP contribution in [0.15, 0.2) is 53.5 Å². The van der Waals surface area contributed by atoms with Crippen LogP contribution < -0.4 is 0 Å². The molecule has 0 aliphatic carbocycles. The standard InChI is InChI=1S/C15H11ClF3N/c1-10-4-2-3-5-13(10)20-14(16)11-6-8-12(9-7-11)15(17,18)19/h2-9H,1H3/b20-14-. The van der Waals surface area contributed by atoms with Gasteiger partial charge in [-0.1, -0.05) is 41.9 Å². The normalized spacial score (nSPS) is 12.6. The fourth-order valence-electron chi connectivity index (χ4n) is 1.66. The molecule has 0 aliphatic rings. The Labute approximate surface area is 119 Å². The van der Waals surface area contributed by atoms with Crippen molar-refractivity contribution in [3.8, 4) is 0 Å². The number of alkyl halides is 3. The fraction of sp³-hybridized carbons (Fsp3) is 0.133. The molecule has 0 N–H and O–H groups in total. The number of aliphatic imine (C=N–C) groups is 1. The van der Waals surface area contributed by atoms with Crippen LogP contribution in [0.5, 0.6) is 0 Å². The number of halogens is 4. The molecular formula is C15H11ClF3N. The highest BCUT2D eigenvalue weighted by Gasteiger charge is 2.30. The van der Waals surface area contributed by atoms with Crippen molar-refractivity contribution < 1.29 is 13.2 Å². The van der Waals surface area contributed by atoms with E-state index in [0.717, 1.165) is 17.7 Å². The second kappa shape index (κ2) is 5.67. The van der Waals surface area contributed by atoms with Crippen molar-refractivity contribution in [2.45, 2.75) is 13.1 Å². The van der Waals surface area contributed by atoms with Crippen molar-refractivity contribution in [2.75, 3.05) is 0 Å². The first-order valence-electron chi connectivity index (χ1n) is 5.85. The molecule has 2 aromatic carbocycles. The Morgan fingerprint density at radius 2 is 1.60 bits per heavy atom. The van der Waals surface area contributed by atoms with E-state index in [-0.39, 0.29) is 5.17 Å². The lowest BCUT2D eigenvalue weighted by Gasteiger charge is -2.07. The maximum atomic E-state index is 12.5. The molecule has 0 fully saturated rings. The lowest BCUT2D eigenvalue weighted by molar-refractivity contribution is -0.137. The molecule has 0 spiro atoms. The largest absolute Gasteiger partial charge is 0.416 e. The molecule has 0 aromatic heterocycles. The van der Waals surface area contributed by atoms with Gasteiger partial charge in [0.25, 0.3) is 0 Å². The highest BCUT2D eigenvalue weighted by molar-refractivity contribution is 6.69. The van der Waals surface area contributed by atoms with E-state index in [9.17, 15) is 13.2 Å². The lowest BCUT2D eigenvalue weighted by atomic mass is 10.1. The predicted molar refractivity (Wildman–Crippen MR) is 74.7 cm³/mol. The van der Waals surface area contributed by atoms with Gasteiger partial charge in [0.2, 0.25) is 0 Å². The summed E-state index contributed by atoms with van der Waals surface area (Å²) in [6.45, 7) is 1.88. The molecule has 2 rings (SSSR count). The van der Waals surface area contributed by atoms with Gasteiger partial charge in [-0.05, 0) is 30.7 Å². The summed E-state index contributed by atoms with van der Waals surface area (Å²) >= 11 is 6.05. The van der Waals surface area contributed by atoms with Crippen molar-refractivity contribution in [2.24, 2.45) is 4.99 Å². The highest BCUT2D eigenvalue weighted by Crippen LogP contribution is 2.29. The summed E-state index contributed by atoms with van der Waals surface area (Å²) in [5.41, 5.74) is 1.37. The third kappa shape index (κ3) is 3.39. The van der Waals surface area contributed by atoms with Gasteiger partial charge >= 0.3 is 6.18 Å². The molecule has 0 aliphatic heterocycles. The molecule has 0 saturated heterocycles. The SMILES string of the molecule is Cc1ccccc1/N=C(\Cl)c1ccc(C(F)(F)F)cc1. The van der Waals surface area contributed by atoms with Gasteiger partial charge in [-0.25, -0.2) is 4.99 Å². The van der Waals surface area contributed by atoms with Gasteiger partial charge in [-0.2, -0.15) is 13.2 Å². The van der Waals surface area contributed by atoms with Crippen LogP contribution in [0.2, 0.25) is 0 Å². The topological polar surface area (TPSA) is 12.4 Å². The Balaban J connectivity index is 2.30. The second-order valence-corrected chi connectivity index (χ2v) is 4.62. The average Bonchev–Trinajstić information content (AvgIpc) is 2.40. The number of aryl methyl sites for hydroxylation is 1. The molecule has 0 unspecified atom stereocenters. The molecule has 104 valence electrons. The van der Waals surface area contributed by atoms with E-state index in [1.165, 1.54) is 12.1 Å². The maximum absolute atomic E-state index is 12.5. The Morgan fingerprint density at radius 3 is 2.15 bits per heavy atom. The van der Waals surface area contributed by atoms with Gasteiger partial charge in [-0.15, -0.1) is 0 Å². The van der Waals surface area contributed by atoms with Gasteiger partial charge in [0, 0.05) is 5.56 Å². The molecule has 1 nitrogen and oxygen atoms in total. The van der Waals surface area contributed by atoms with Crippen LogP contribution in [0.4, 0.5) is 18.9 Å². The van der Waals surface area contributed by atoms with Crippen LogP contribution in [0.3, 0.4) is 0 Å². The van der Waals surface area contributed by atoms with E-state index in [0.29, 0.717) is 11.3 Å². The first kappa shape index (κ1) is 14.6. The Hall–Kier alpha value is -1.81. The van der Waals surface area contributed by atoms with Gasteiger partial charge in [0.05, 0.1) is 11.3 Å². The molecule has 0 bridgehead atoms. The third-order valence-electron chi connectivity index (χ3n) is 2.78. The zero-order valence-electron chi connectivity index (χ0n) is 10.6. The average molecular weight is 298 g/mol. The molecule has 0 heterocycles. The Bertz CT molecular complexity index is 630. The summed E-state index contributed by atoms with van der Waals surface area (Å²) in [5, 5.41) is 0.160. The van der Waals surface area contributed by atoms with Gasteiger partial charge < -0.3 is 0 Å². The van der Waals surface area contributed by atoms with Crippen molar-refractivity contribution in [3.05, 3.63) is 65.2 Å². The van der Waals surface area contributed by atoms with Crippen molar-refractivity contribution in [3.63, 3.8) is 0 Å². The Kier molecular flexibility index (Phi) is 4.14. The summed E-state index contributed by atoms with van der Waals surface area (Å²) in [7, 11) is 0. The zero-order valence-corrected chi connectivity index (χ0v) is 11.3. The minimum atomic E-state index is -4.35. The zero-order chi connectivity index (χ0) is 14.8. The number of nitrogens with zero attached hydrogens (tertiary/aromatic N) is 1. The van der Waals surface area contributed by atoms with Crippen LogP contribution in [-0.2, 0) is 6.18 Å². The molecular weight excluding hydrogens is 287 g/mol. The number of hydrogen-bond donors (Lipinski definition) is 0. The van der Waals surface area contributed by atoms with Crippen LogP contribution in [0, 0.1) is 6.92 Å². The van der Waals surface area contributed by atoms with Crippen LogP contribution >= 0.6 is 11.6 Å². The lowest BCUT2D eigenvalue weighted by Crippen LogP contribution is -2.05. The van der Waals surface area contributed by atoms with Gasteiger partial charge in [-0.3, -0.25) is 0 Å². The van der Waals surface area contributed by atoms with Crippen molar-refractivity contribution >= 4 is 22.5 Å².